The predicted molar refractivity (Wildman–Crippen MR) is 75.4 cm³/mol. The maximum absolute atomic E-state index is 11.2. The average Bonchev–Trinajstić information content (AvgIpc) is 2.16. The molecule has 0 spiro atoms. The van der Waals surface area contributed by atoms with E-state index in [9.17, 15) is 9.59 Å². The highest BCUT2D eigenvalue weighted by Gasteiger charge is 2.13. The molecule has 6 heteroatoms. The predicted octanol–water partition coefficient (Wildman–Crippen LogP) is -2.07. The number of quaternary nitrogens is 1. The highest BCUT2D eigenvalue weighted by molar-refractivity contribution is 6.75. The number of amides is 2. The van der Waals surface area contributed by atoms with Gasteiger partial charge >= 0.3 is 0 Å². The lowest BCUT2D eigenvalue weighted by molar-refractivity contribution is -0.869. The monoisotopic (exact) mass is 261 g/mol. The first kappa shape index (κ1) is 17.7. The standard InChI is InChI=1S/C10H18N2O2.H6Si2/c1-8(2)10(14)11-9(13)6-7-12(3,4)5;1-2/h1,6-7H2,2-5H3;1-2H3/p+1. The Morgan fingerprint density at radius 1 is 1.25 bits per heavy atom. The van der Waals surface area contributed by atoms with Gasteiger partial charge < -0.3 is 4.48 Å². The quantitative estimate of drug-likeness (QED) is 0.359. The summed E-state index contributed by atoms with van der Waals surface area (Å²) in [4.78, 5) is 22.3. The Kier molecular flexibility index (Phi) is 9.30. The van der Waals surface area contributed by atoms with Crippen LogP contribution in [-0.2, 0) is 9.59 Å². The van der Waals surface area contributed by atoms with Crippen molar-refractivity contribution in [2.45, 2.75) is 13.3 Å². The molecule has 0 saturated heterocycles. The van der Waals surface area contributed by atoms with Crippen molar-refractivity contribution >= 4 is 31.3 Å². The van der Waals surface area contributed by atoms with Crippen LogP contribution in [-0.4, -0.2) is 63.5 Å². The van der Waals surface area contributed by atoms with Crippen LogP contribution in [0.4, 0.5) is 0 Å². The van der Waals surface area contributed by atoms with Crippen molar-refractivity contribution in [1.82, 2.24) is 5.32 Å². The van der Waals surface area contributed by atoms with Gasteiger partial charge in [0.1, 0.15) is 0 Å². The van der Waals surface area contributed by atoms with Gasteiger partial charge in [-0.1, -0.05) is 6.58 Å². The van der Waals surface area contributed by atoms with Gasteiger partial charge in [0.2, 0.25) is 5.91 Å². The summed E-state index contributed by atoms with van der Waals surface area (Å²) in [5.74, 6) is -0.637. The fourth-order valence-corrected chi connectivity index (χ4v) is 0.733. The molecular formula is C10H25N2O2Si2+. The molecule has 0 heterocycles. The second-order valence-electron chi connectivity index (χ2n) is 4.42. The Bertz CT molecular complexity index is 260. The number of hydrogen-bond acceptors (Lipinski definition) is 2. The Hall–Kier alpha value is -0.726. The first-order chi connectivity index (χ1) is 7.22. The van der Waals surface area contributed by atoms with Gasteiger partial charge in [0, 0.05) is 5.57 Å². The zero-order valence-corrected chi connectivity index (χ0v) is 15.4. The number of rotatable bonds is 4. The number of nitrogens with zero attached hydrogens (tertiary/aromatic N) is 1. The van der Waals surface area contributed by atoms with E-state index in [2.05, 4.69) is 11.9 Å². The van der Waals surface area contributed by atoms with Gasteiger partial charge in [-0.05, 0) is 26.4 Å². The smallest absolute Gasteiger partial charge is 0.252 e. The molecule has 16 heavy (non-hydrogen) atoms. The van der Waals surface area contributed by atoms with E-state index in [1.165, 1.54) is 19.5 Å². The Morgan fingerprint density at radius 2 is 1.69 bits per heavy atom. The summed E-state index contributed by atoms with van der Waals surface area (Å²) in [6.07, 6.45) is 0.350. The third-order valence-electron chi connectivity index (χ3n) is 1.65. The molecule has 0 aromatic rings. The van der Waals surface area contributed by atoms with E-state index >= 15 is 0 Å². The fraction of sp³-hybridized carbons (Fsp3) is 0.600. The molecule has 0 saturated carbocycles. The summed E-state index contributed by atoms with van der Waals surface area (Å²) < 4.78 is 0.703. The maximum atomic E-state index is 11.2. The van der Waals surface area contributed by atoms with E-state index < -0.39 is 5.91 Å². The molecule has 0 aromatic heterocycles. The number of carbonyl (C=O) groups excluding carboxylic acids is 2. The summed E-state index contributed by atoms with van der Waals surface area (Å²) in [5, 5.41) is 2.26. The van der Waals surface area contributed by atoms with Crippen LogP contribution in [0.3, 0.4) is 0 Å². The van der Waals surface area contributed by atoms with Crippen LogP contribution >= 0.6 is 0 Å². The van der Waals surface area contributed by atoms with Gasteiger partial charge in [-0.2, -0.15) is 0 Å². The number of carbonyl (C=O) groups is 2. The van der Waals surface area contributed by atoms with Crippen molar-refractivity contribution in [3.63, 3.8) is 0 Å². The van der Waals surface area contributed by atoms with E-state index in [-0.39, 0.29) is 5.91 Å². The molecule has 0 atom stereocenters. The largest absolute Gasteiger partial charge is 0.330 e. The first-order valence-corrected chi connectivity index (χ1v) is 13.5. The third-order valence-corrected chi connectivity index (χ3v) is 1.65. The zero-order valence-electron chi connectivity index (χ0n) is 11.4. The summed E-state index contributed by atoms with van der Waals surface area (Å²) in [6, 6.07) is 0. The molecule has 1 N–H and O–H groups in total. The summed E-state index contributed by atoms with van der Waals surface area (Å²) >= 11 is 0. The molecule has 0 aromatic carbocycles. The molecule has 0 aliphatic heterocycles. The molecule has 0 unspecified atom stereocenters. The van der Waals surface area contributed by atoms with Crippen molar-refractivity contribution in [3.05, 3.63) is 12.2 Å². The molecule has 4 nitrogen and oxygen atoms in total. The number of hydrogen-bond donors (Lipinski definition) is 1. The highest BCUT2D eigenvalue weighted by atomic mass is 29.1. The lowest BCUT2D eigenvalue weighted by Gasteiger charge is -2.23. The molecule has 0 aliphatic carbocycles. The van der Waals surface area contributed by atoms with Crippen molar-refractivity contribution in [2.75, 3.05) is 27.7 Å². The number of nitrogens with one attached hydrogen (secondary N) is 1. The van der Waals surface area contributed by atoms with Gasteiger partial charge in [0.15, 0.2) is 0 Å². The average molecular weight is 261 g/mol. The van der Waals surface area contributed by atoms with Gasteiger partial charge in [0.25, 0.3) is 5.91 Å². The molecule has 2 amide bonds. The van der Waals surface area contributed by atoms with E-state index in [0.29, 0.717) is 23.0 Å². The topological polar surface area (TPSA) is 46.2 Å². The van der Waals surface area contributed by atoms with Gasteiger partial charge in [-0.15, -0.1) is 0 Å². The van der Waals surface area contributed by atoms with Crippen LogP contribution in [0.5, 0.6) is 0 Å². The van der Waals surface area contributed by atoms with E-state index in [0.717, 1.165) is 0 Å². The zero-order chi connectivity index (χ0) is 13.4. The molecule has 0 rings (SSSR count). The summed E-state index contributed by atoms with van der Waals surface area (Å²) in [7, 11) is 8.87. The first-order valence-electron chi connectivity index (χ1n) is 5.52. The normalized spacial score (nSPS) is 10.2. The van der Waals surface area contributed by atoms with Crippen molar-refractivity contribution in [2.24, 2.45) is 0 Å². The van der Waals surface area contributed by atoms with E-state index in [1.54, 1.807) is 6.92 Å². The molecule has 0 aliphatic rings. The van der Waals surface area contributed by atoms with Crippen molar-refractivity contribution in [1.29, 1.82) is 0 Å². The van der Waals surface area contributed by atoms with Crippen LogP contribution in [0.1, 0.15) is 13.3 Å². The highest BCUT2D eigenvalue weighted by Crippen LogP contribution is 1.94. The van der Waals surface area contributed by atoms with E-state index in [1.807, 2.05) is 21.1 Å². The Morgan fingerprint density at radius 3 is 2.00 bits per heavy atom. The molecule has 0 fully saturated rings. The van der Waals surface area contributed by atoms with Crippen LogP contribution in [0.25, 0.3) is 0 Å². The van der Waals surface area contributed by atoms with Gasteiger partial charge in [-0.3, -0.25) is 14.9 Å². The third kappa shape index (κ3) is 11.3. The summed E-state index contributed by atoms with van der Waals surface area (Å²) in [5.41, 5.74) is 0.351. The minimum atomic E-state index is -0.392. The minimum absolute atomic E-state index is 0.244. The van der Waals surface area contributed by atoms with Crippen molar-refractivity contribution in [3.8, 4) is 0 Å². The molecule has 94 valence electrons. The second-order valence-corrected chi connectivity index (χ2v) is 4.42. The molecule has 0 radical (unpaired) electrons. The lowest BCUT2D eigenvalue weighted by atomic mass is 10.3. The van der Waals surface area contributed by atoms with Crippen LogP contribution in [0, 0.1) is 0 Å². The van der Waals surface area contributed by atoms with Crippen molar-refractivity contribution < 1.29 is 14.1 Å². The SMILES string of the molecule is C=C(C)C(=O)NC(=O)CC[N+](C)(C)C.[SiH3][SiH3]. The molecular weight excluding hydrogens is 236 g/mol. The fourth-order valence-electron chi connectivity index (χ4n) is 0.733. The Labute approximate surface area is 104 Å². The van der Waals surface area contributed by atoms with Crippen LogP contribution in [0.2, 0.25) is 0 Å². The summed E-state index contributed by atoms with van der Waals surface area (Å²) in [6.45, 7) is 5.72. The second kappa shape index (κ2) is 8.43. The lowest BCUT2D eigenvalue weighted by Crippen LogP contribution is -2.39. The Balaban J connectivity index is 0. The van der Waals surface area contributed by atoms with Crippen LogP contribution < -0.4 is 5.32 Å². The van der Waals surface area contributed by atoms with E-state index in [4.69, 9.17) is 0 Å². The maximum Gasteiger partial charge on any atom is 0.252 e. The van der Waals surface area contributed by atoms with Crippen LogP contribution in [0.15, 0.2) is 12.2 Å². The number of imide groups is 1. The molecule has 0 bridgehead atoms. The minimum Gasteiger partial charge on any atom is -0.330 e. The van der Waals surface area contributed by atoms with Gasteiger partial charge in [-0.25, -0.2) is 0 Å². The van der Waals surface area contributed by atoms with Gasteiger partial charge in [0.05, 0.1) is 34.1 Å².